The Labute approximate surface area is 224 Å². The van der Waals surface area contributed by atoms with Gasteiger partial charge in [-0.15, -0.1) is 11.3 Å². The molecule has 4 aromatic carbocycles. The molecule has 0 aliphatic carbocycles. The predicted octanol–water partition coefficient (Wildman–Crippen LogP) is 6.45. The van der Waals surface area contributed by atoms with Crippen LogP contribution in [0.3, 0.4) is 0 Å². The van der Waals surface area contributed by atoms with Crippen LogP contribution in [0.5, 0.6) is 11.5 Å². The number of benzene rings is 4. The molecule has 0 radical (unpaired) electrons. The summed E-state index contributed by atoms with van der Waals surface area (Å²) in [5.41, 5.74) is 3.26. The van der Waals surface area contributed by atoms with Gasteiger partial charge in [-0.1, -0.05) is 60.7 Å². The maximum absolute atomic E-state index is 12.6. The van der Waals surface area contributed by atoms with E-state index in [0.717, 1.165) is 43.0 Å². The van der Waals surface area contributed by atoms with Gasteiger partial charge in [0, 0.05) is 22.1 Å². The molecule has 2 N–H and O–H groups in total. The number of hydrogen-bond donors (Lipinski definition) is 2. The summed E-state index contributed by atoms with van der Waals surface area (Å²) in [5.74, 6) is -1.88. The van der Waals surface area contributed by atoms with Crippen molar-refractivity contribution in [2.75, 3.05) is 0 Å². The minimum absolute atomic E-state index is 0.126. The van der Waals surface area contributed by atoms with E-state index in [1.54, 1.807) is 12.1 Å². The van der Waals surface area contributed by atoms with Gasteiger partial charge in [0.25, 0.3) is 0 Å². The molecule has 0 bridgehead atoms. The Hall–Kier alpha value is -4.14. The molecule has 5 rings (SSSR count). The summed E-state index contributed by atoms with van der Waals surface area (Å²) in [6, 6.07) is 28.7. The molecular weight excluding hydrogens is 520 g/mol. The van der Waals surface area contributed by atoms with Gasteiger partial charge >= 0.3 is 16.1 Å². The highest BCUT2D eigenvalue weighted by Gasteiger charge is 2.20. The first-order chi connectivity index (χ1) is 18.3. The van der Waals surface area contributed by atoms with E-state index in [9.17, 15) is 18.3 Å². The Kier molecular flexibility index (Phi) is 7.18. The van der Waals surface area contributed by atoms with Crippen LogP contribution < -0.4 is 4.18 Å². The number of hydrogen-bond acceptors (Lipinski definition) is 6. The number of carbonyl (C=O) groups is 1. The van der Waals surface area contributed by atoms with E-state index < -0.39 is 27.4 Å². The first kappa shape index (κ1) is 25.5. The smallest absolute Gasteiger partial charge is 0.339 e. The molecule has 0 saturated heterocycles. The summed E-state index contributed by atoms with van der Waals surface area (Å²) >= 11 is 1.83. The number of fused-ring (bicyclic) bond motifs is 1. The topological polar surface area (TPSA) is 101 Å². The minimum atomic E-state index is -4.25. The Morgan fingerprint density at radius 1 is 0.816 bits per heavy atom. The highest BCUT2D eigenvalue weighted by molar-refractivity contribution is 7.87. The van der Waals surface area contributed by atoms with Crippen LogP contribution in [0, 0.1) is 0 Å². The van der Waals surface area contributed by atoms with Gasteiger partial charge < -0.3 is 14.4 Å². The summed E-state index contributed by atoms with van der Waals surface area (Å²) in [6.07, 6.45) is 2.50. The van der Waals surface area contributed by atoms with Crippen LogP contribution in [0.4, 0.5) is 0 Å². The maximum atomic E-state index is 12.6. The molecule has 1 aromatic heterocycles. The van der Waals surface area contributed by atoms with Crippen LogP contribution >= 0.6 is 11.3 Å². The van der Waals surface area contributed by atoms with Crippen molar-refractivity contribution in [3.63, 3.8) is 0 Å². The van der Waals surface area contributed by atoms with E-state index in [2.05, 4.69) is 48.5 Å². The molecule has 0 aliphatic heterocycles. The van der Waals surface area contributed by atoms with Gasteiger partial charge in [0.05, 0.1) is 0 Å². The van der Waals surface area contributed by atoms with Crippen molar-refractivity contribution < 1.29 is 27.6 Å². The number of phenols is 1. The van der Waals surface area contributed by atoms with Crippen LogP contribution in [0.15, 0.2) is 102 Å². The number of carboxylic acid groups (broad SMARTS) is 1. The quantitative estimate of drug-likeness (QED) is 0.207. The Bertz CT molecular complexity index is 1710. The predicted molar refractivity (Wildman–Crippen MR) is 148 cm³/mol. The van der Waals surface area contributed by atoms with Gasteiger partial charge in [0.15, 0.2) is 0 Å². The molecule has 8 heteroatoms. The lowest BCUT2D eigenvalue weighted by Gasteiger charge is -2.10. The molecule has 0 amide bonds. The molecule has 38 heavy (non-hydrogen) atoms. The van der Waals surface area contributed by atoms with Gasteiger partial charge in [-0.25, -0.2) is 4.79 Å². The van der Waals surface area contributed by atoms with E-state index in [1.165, 1.54) is 26.1 Å². The van der Waals surface area contributed by atoms with E-state index >= 15 is 0 Å². The van der Waals surface area contributed by atoms with Crippen molar-refractivity contribution in [2.45, 2.75) is 24.2 Å². The van der Waals surface area contributed by atoms with E-state index in [4.69, 9.17) is 9.29 Å². The zero-order valence-electron chi connectivity index (χ0n) is 20.2. The first-order valence-electron chi connectivity index (χ1n) is 11.9. The molecule has 0 unspecified atom stereocenters. The lowest BCUT2D eigenvalue weighted by atomic mass is 9.99. The van der Waals surface area contributed by atoms with Gasteiger partial charge in [-0.3, -0.25) is 0 Å². The van der Waals surface area contributed by atoms with Gasteiger partial charge in [-0.2, -0.15) is 8.42 Å². The lowest BCUT2D eigenvalue weighted by Crippen LogP contribution is -2.10. The second-order valence-electron chi connectivity index (χ2n) is 8.83. The summed E-state index contributed by atoms with van der Waals surface area (Å²) in [6.45, 7) is 0. The van der Waals surface area contributed by atoms with Crippen LogP contribution in [0.2, 0.25) is 0 Å². The van der Waals surface area contributed by atoms with Crippen molar-refractivity contribution in [1.29, 1.82) is 0 Å². The van der Waals surface area contributed by atoms with Crippen molar-refractivity contribution in [3.8, 4) is 11.5 Å². The number of aromatic hydroxyl groups is 1. The van der Waals surface area contributed by atoms with Crippen molar-refractivity contribution in [2.24, 2.45) is 0 Å². The first-order valence-corrected chi connectivity index (χ1v) is 14.2. The SMILES string of the molecule is O=C(O)c1ccc(S(=O)(=O)Oc2ccc(CCc3c(Cc4ccccc4)sc4ccccc34)cc2)cc1O. The third kappa shape index (κ3) is 5.56. The number of carboxylic acids is 1. The average molecular weight is 545 g/mol. The third-order valence-electron chi connectivity index (χ3n) is 6.27. The standard InChI is InChI=1S/C30H24O6S2/c31-27-19-23(15-17-26(27)30(32)33)38(34,35)36-22-13-10-20(11-14-22)12-16-25-24-8-4-5-9-28(24)37-29(25)18-21-6-2-1-3-7-21/h1-11,13-15,17,19,31H,12,16,18H2,(H,32,33). The monoisotopic (exact) mass is 544 g/mol. The Morgan fingerprint density at radius 2 is 1.53 bits per heavy atom. The number of thiophene rings is 1. The highest BCUT2D eigenvalue weighted by atomic mass is 32.2. The molecule has 0 aliphatic rings. The van der Waals surface area contributed by atoms with Crippen LogP contribution in [0.1, 0.15) is 31.9 Å². The Balaban J connectivity index is 1.31. The van der Waals surface area contributed by atoms with Crippen molar-refractivity contribution in [3.05, 3.63) is 124 Å². The minimum Gasteiger partial charge on any atom is -0.507 e. The molecule has 0 fully saturated rings. The molecule has 192 valence electrons. The van der Waals surface area contributed by atoms with Gasteiger partial charge in [-0.05, 0) is 65.3 Å². The van der Waals surface area contributed by atoms with Crippen LogP contribution in [-0.2, 0) is 29.4 Å². The van der Waals surface area contributed by atoms with E-state index in [0.29, 0.717) is 0 Å². The summed E-state index contributed by atoms with van der Waals surface area (Å²) in [7, 11) is -4.25. The summed E-state index contributed by atoms with van der Waals surface area (Å²) < 4.78 is 31.7. The second kappa shape index (κ2) is 10.7. The fraction of sp³-hybridized carbons (Fsp3) is 0.100. The average Bonchev–Trinajstić information content (AvgIpc) is 3.25. The third-order valence-corrected chi connectivity index (χ3v) is 8.73. The Morgan fingerprint density at radius 3 is 2.24 bits per heavy atom. The molecule has 5 aromatic rings. The largest absolute Gasteiger partial charge is 0.507 e. The highest BCUT2D eigenvalue weighted by Crippen LogP contribution is 2.34. The number of aromatic carboxylic acids is 1. The number of aryl methyl sites for hydroxylation is 2. The molecule has 0 atom stereocenters. The van der Waals surface area contributed by atoms with Crippen molar-refractivity contribution >= 4 is 37.5 Å². The number of rotatable bonds is 9. The molecule has 0 saturated carbocycles. The second-order valence-corrected chi connectivity index (χ2v) is 11.5. The molecule has 6 nitrogen and oxygen atoms in total. The maximum Gasteiger partial charge on any atom is 0.339 e. The summed E-state index contributed by atoms with van der Waals surface area (Å²) in [4.78, 5) is 12.1. The van der Waals surface area contributed by atoms with Crippen molar-refractivity contribution in [1.82, 2.24) is 0 Å². The van der Waals surface area contributed by atoms with Gasteiger partial charge in [0.1, 0.15) is 22.0 Å². The molecule has 1 heterocycles. The molecular formula is C30H24O6S2. The van der Waals surface area contributed by atoms with E-state index in [1.807, 2.05) is 29.5 Å². The zero-order valence-corrected chi connectivity index (χ0v) is 21.8. The fourth-order valence-corrected chi connectivity index (χ4v) is 6.59. The van der Waals surface area contributed by atoms with Crippen LogP contribution in [-0.4, -0.2) is 24.6 Å². The normalized spacial score (nSPS) is 11.5. The zero-order chi connectivity index (χ0) is 26.7. The van der Waals surface area contributed by atoms with Gasteiger partial charge in [0.2, 0.25) is 0 Å². The van der Waals surface area contributed by atoms with Crippen LogP contribution in [0.25, 0.3) is 10.1 Å². The lowest BCUT2D eigenvalue weighted by molar-refractivity contribution is 0.0693. The molecule has 0 spiro atoms. The summed E-state index contributed by atoms with van der Waals surface area (Å²) in [5, 5.41) is 20.1. The fourth-order valence-electron chi connectivity index (χ4n) is 4.35. The van der Waals surface area contributed by atoms with E-state index in [-0.39, 0.29) is 10.6 Å².